The second-order valence-electron chi connectivity index (χ2n) is 11.7. The molecule has 3 heterocycles. The van der Waals surface area contributed by atoms with Crippen LogP contribution in [0.15, 0.2) is 42.5 Å². The minimum Gasteiger partial charge on any atom is -0.492 e. The lowest BCUT2D eigenvalue weighted by atomic mass is 9.81. The number of fused-ring (bicyclic) bond motifs is 4. The number of halogens is 1. The van der Waals surface area contributed by atoms with Crippen LogP contribution in [-0.4, -0.2) is 63.8 Å². The predicted octanol–water partition coefficient (Wildman–Crippen LogP) is 6.06. The van der Waals surface area contributed by atoms with Crippen molar-refractivity contribution in [1.29, 1.82) is 0 Å². The molecule has 3 aromatic rings. The van der Waals surface area contributed by atoms with E-state index in [2.05, 4.69) is 51.7 Å². The van der Waals surface area contributed by atoms with Gasteiger partial charge in [-0.1, -0.05) is 49.9 Å². The van der Waals surface area contributed by atoms with E-state index in [0.717, 1.165) is 58.3 Å². The highest BCUT2D eigenvalue weighted by Crippen LogP contribution is 2.46. The molecule has 3 aliphatic rings. The van der Waals surface area contributed by atoms with E-state index < -0.39 is 6.17 Å². The van der Waals surface area contributed by atoms with Crippen LogP contribution in [0.3, 0.4) is 0 Å². The number of ether oxygens (including phenoxy) is 1. The van der Waals surface area contributed by atoms with Gasteiger partial charge in [-0.15, -0.1) is 0 Å². The highest BCUT2D eigenvalue weighted by molar-refractivity contribution is 7.77. The minimum absolute atomic E-state index is 0.0778. The Balaban J connectivity index is 1.58. The van der Waals surface area contributed by atoms with Gasteiger partial charge in [-0.05, 0) is 57.5 Å². The Morgan fingerprint density at radius 1 is 1.10 bits per heavy atom. The Labute approximate surface area is 236 Å². The van der Waals surface area contributed by atoms with Gasteiger partial charge in [0.15, 0.2) is 0 Å². The van der Waals surface area contributed by atoms with E-state index in [4.69, 9.17) is 17.6 Å². The van der Waals surface area contributed by atoms with Gasteiger partial charge < -0.3 is 9.30 Å². The zero-order valence-electron chi connectivity index (χ0n) is 23.3. The summed E-state index contributed by atoms with van der Waals surface area (Å²) >= 11 is 4.80. The van der Waals surface area contributed by atoms with Gasteiger partial charge in [0.2, 0.25) is 0 Å². The molecule has 1 saturated carbocycles. The molecule has 1 aliphatic carbocycles. The zero-order chi connectivity index (χ0) is 27.4. The minimum atomic E-state index is -0.863. The molecule has 6 rings (SSSR count). The molecule has 4 bridgehead atoms. The third-order valence-electron chi connectivity index (χ3n) is 9.35. The number of thiol groups is 1. The third-order valence-corrected chi connectivity index (χ3v) is 9.77. The number of rotatable bonds is 2. The molecule has 2 aromatic carbocycles. The number of ketones is 1. The monoisotopic (exact) mass is 550 g/mol. The smallest absolute Gasteiger partial charge is 0.147 e. The summed E-state index contributed by atoms with van der Waals surface area (Å²) in [6.07, 6.45) is 2.47. The second kappa shape index (κ2) is 10.5. The van der Waals surface area contributed by atoms with E-state index in [0.29, 0.717) is 26.1 Å². The summed E-state index contributed by atoms with van der Waals surface area (Å²) in [4.78, 5) is 15.4. The van der Waals surface area contributed by atoms with Crippen molar-refractivity contribution < 1.29 is 13.9 Å². The Morgan fingerprint density at radius 2 is 1.90 bits per heavy atom. The molecule has 0 N–H and O–H groups in total. The van der Waals surface area contributed by atoms with Gasteiger partial charge in [-0.3, -0.25) is 9.69 Å². The molecular formula is C31H39FN4O2S. The maximum absolute atomic E-state index is 15.3. The average molecular weight is 551 g/mol. The first kappa shape index (κ1) is 26.8. The number of hydrazine groups is 1. The summed E-state index contributed by atoms with van der Waals surface area (Å²) in [5.74, 6) is 0.619. The summed E-state index contributed by atoms with van der Waals surface area (Å²) < 4.78 is 26.3. The van der Waals surface area contributed by atoms with Crippen molar-refractivity contribution in [2.45, 2.75) is 76.9 Å². The first-order valence-corrected chi connectivity index (χ1v) is 14.6. The zero-order valence-corrected chi connectivity index (χ0v) is 24.2. The Kier molecular flexibility index (Phi) is 7.25. The molecule has 0 saturated heterocycles. The SMILES string of the molecule is CC(=O)C1C2COc3c(cccc3[C@H]3CCCC[C@@H]3F)-c3cc4ccc(cc4n3C2)CN(S)N(C)C(C)N1C. The highest BCUT2D eigenvalue weighted by atomic mass is 32.1. The fourth-order valence-corrected chi connectivity index (χ4v) is 7.36. The summed E-state index contributed by atoms with van der Waals surface area (Å²) in [5.41, 5.74) is 5.32. The second-order valence-corrected chi connectivity index (χ2v) is 12.2. The quantitative estimate of drug-likeness (QED) is 0.393. The van der Waals surface area contributed by atoms with Crippen LogP contribution in [0.1, 0.15) is 56.6 Å². The number of aromatic nitrogens is 1. The standard InChI is InChI=1S/C31H39FN4O2S/c1-19(37)30-23-17-35-28-14-21(16-36(39)34(4)20(2)33(30)3)12-13-22(28)15-29(35)26-10-7-9-25(31(26)38-18-23)24-8-5-6-11-27(24)32/h7,9-10,12-15,20,23-24,27,30,39H,5-6,8,11,16-18H2,1-4H3/t20?,23?,24-,27+,30?/m1/s1. The van der Waals surface area contributed by atoms with Crippen molar-refractivity contribution in [3.05, 3.63) is 53.6 Å². The Bertz CT molecular complexity index is 1390. The number of benzene rings is 2. The molecule has 2 aliphatic heterocycles. The first-order chi connectivity index (χ1) is 18.7. The predicted molar refractivity (Wildman–Crippen MR) is 156 cm³/mol. The maximum Gasteiger partial charge on any atom is 0.147 e. The first-order valence-electron chi connectivity index (χ1n) is 14.2. The van der Waals surface area contributed by atoms with E-state index in [1.165, 1.54) is 0 Å². The van der Waals surface area contributed by atoms with Gasteiger partial charge in [0.25, 0.3) is 0 Å². The Hall–Kier alpha value is -2.39. The van der Waals surface area contributed by atoms with Crippen LogP contribution < -0.4 is 4.74 Å². The lowest BCUT2D eigenvalue weighted by Gasteiger charge is -2.43. The van der Waals surface area contributed by atoms with Crippen LogP contribution in [0, 0.1) is 5.92 Å². The molecular weight excluding hydrogens is 511 g/mol. The van der Waals surface area contributed by atoms with E-state index in [1.807, 2.05) is 30.6 Å². The highest BCUT2D eigenvalue weighted by Gasteiger charge is 2.38. The summed E-state index contributed by atoms with van der Waals surface area (Å²) in [6, 6.07) is 14.6. The van der Waals surface area contributed by atoms with Gasteiger partial charge in [0.05, 0.1) is 24.5 Å². The molecule has 1 aromatic heterocycles. The van der Waals surface area contributed by atoms with Crippen LogP contribution in [-0.2, 0) is 17.9 Å². The number of alkyl halides is 1. The van der Waals surface area contributed by atoms with Gasteiger partial charge in [-0.2, -0.15) is 4.41 Å². The molecule has 5 atom stereocenters. The number of carbonyl (C=O) groups is 1. The van der Waals surface area contributed by atoms with Crippen molar-refractivity contribution >= 4 is 29.5 Å². The molecule has 1 fully saturated rings. The van der Waals surface area contributed by atoms with Crippen molar-refractivity contribution in [2.75, 3.05) is 20.7 Å². The summed E-state index contributed by atoms with van der Waals surface area (Å²) in [7, 11) is 4.02. The fraction of sp³-hybridized carbons (Fsp3) is 0.516. The number of likely N-dealkylation sites (N-methyl/N-ethyl adjacent to an activating group) is 1. The topological polar surface area (TPSA) is 41.0 Å². The maximum atomic E-state index is 15.3. The number of hydrogen-bond donors (Lipinski definition) is 1. The largest absolute Gasteiger partial charge is 0.492 e. The van der Waals surface area contributed by atoms with Crippen LogP contribution in [0.2, 0.25) is 0 Å². The number of para-hydroxylation sites is 1. The van der Waals surface area contributed by atoms with E-state index in [9.17, 15) is 4.79 Å². The van der Waals surface area contributed by atoms with E-state index in [1.54, 1.807) is 6.92 Å². The van der Waals surface area contributed by atoms with E-state index >= 15 is 4.39 Å². The number of carbonyl (C=O) groups excluding carboxylic acids is 1. The molecule has 0 radical (unpaired) electrons. The lowest BCUT2D eigenvalue weighted by Crippen LogP contribution is -2.56. The molecule has 0 spiro atoms. The molecule has 3 unspecified atom stereocenters. The van der Waals surface area contributed by atoms with Gasteiger partial charge in [0.1, 0.15) is 17.7 Å². The molecule has 6 nitrogen and oxygen atoms in total. The fourth-order valence-electron chi connectivity index (χ4n) is 7.05. The number of nitrogens with zero attached hydrogens (tertiary/aromatic N) is 4. The molecule has 8 heteroatoms. The van der Waals surface area contributed by atoms with Crippen molar-refractivity contribution in [3.8, 4) is 17.0 Å². The third kappa shape index (κ3) is 4.69. The van der Waals surface area contributed by atoms with Crippen LogP contribution >= 0.6 is 12.8 Å². The van der Waals surface area contributed by atoms with Gasteiger partial charge in [0, 0.05) is 54.0 Å². The van der Waals surface area contributed by atoms with Gasteiger partial charge in [-0.25, -0.2) is 9.40 Å². The number of hydrogen-bond acceptors (Lipinski definition) is 6. The summed E-state index contributed by atoms with van der Waals surface area (Å²) in [6.45, 7) is 5.44. The molecule has 0 amide bonds. The molecule has 208 valence electrons. The van der Waals surface area contributed by atoms with Crippen molar-refractivity contribution in [1.82, 2.24) is 18.9 Å². The van der Waals surface area contributed by atoms with Crippen LogP contribution in [0.5, 0.6) is 5.75 Å². The normalized spacial score (nSPS) is 28.8. The number of Topliss-reactive ketones (excluding diaryl/α,β-unsaturated/α-hetero) is 1. The van der Waals surface area contributed by atoms with Gasteiger partial charge >= 0.3 is 0 Å². The molecule has 39 heavy (non-hydrogen) atoms. The summed E-state index contributed by atoms with van der Waals surface area (Å²) in [5, 5.41) is 3.21. The van der Waals surface area contributed by atoms with Crippen LogP contribution in [0.25, 0.3) is 22.2 Å². The van der Waals surface area contributed by atoms with Crippen molar-refractivity contribution in [2.24, 2.45) is 5.92 Å². The lowest BCUT2D eigenvalue weighted by molar-refractivity contribution is -0.129. The average Bonchev–Trinajstić information content (AvgIpc) is 3.25. The van der Waals surface area contributed by atoms with Crippen molar-refractivity contribution in [3.63, 3.8) is 0 Å². The van der Waals surface area contributed by atoms with E-state index in [-0.39, 0.29) is 29.8 Å². The van der Waals surface area contributed by atoms with Crippen LogP contribution in [0.4, 0.5) is 4.39 Å². The Morgan fingerprint density at radius 3 is 2.67 bits per heavy atom.